The van der Waals surface area contributed by atoms with Crippen LogP contribution in [0.1, 0.15) is 87.7 Å². The Morgan fingerprint density at radius 1 is 0.824 bits per heavy atom. The van der Waals surface area contributed by atoms with Crippen LogP contribution in [-0.2, 0) is 0 Å². The molecule has 1 aromatic heterocycles. The fraction of sp³-hybridized carbons (Fsp3) is 0.800. The average Bonchev–Trinajstić information content (AvgIpc) is 2.90. The summed E-state index contributed by atoms with van der Waals surface area (Å²) in [4.78, 5) is 4.55. The summed E-state index contributed by atoms with van der Waals surface area (Å²) in [6.45, 7) is 0. The van der Waals surface area contributed by atoms with Gasteiger partial charge in [0.2, 0.25) is 0 Å². The highest BCUT2D eigenvalue weighted by atomic mass is 16.4. The van der Waals surface area contributed by atoms with Crippen molar-refractivity contribution in [1.82, 2.24) is 4.98 Å². The summed E-state index contributed by atoms with van der Waals surface area (Å²) in [6.07, 6.45) is 15.4. The van der Waals surface area contributed by atoms with Crippen molar-refractivity contribution >= 4 is 0 Å². The molecule has 0 amide bonds. The van der Waals surface area contributed by atoms with E-state index in [1.165, 1.54) is 70.0 Å². The lowest BCUT2D eigenvalue weighted by Crippen LogP contribution is -2.05. The Labute approximate surface area is 104 Å². The lowest BCUT2D eigenvalue weighted by Gasteiger charge is -2.20. The fourth-order valence-electron chi connectivity index (χ4n) is 3.41. The molecule has 17 heavy (non-hydrogen) atoms. The molecule has 0 aliphatic heterocycles. The largest absolute Gasteiger partial charge is 0.445 e. The molecule has 0 atom stereocenters. The molecule has 2 aliphatic rings. The number of hydrogen-bond donors (Lipinski definition) is 0. The van der Waals surface area contributed by atoms with E-state index in [0.717, 1.165) is 5.89 Å². The second-order valence-electron chi connectivity index (χ2n) is 5.77. The van der Waals surface area contributed by atoms with Gasteiger partial charge in [0.25, 0.3) is 0 Å². The Hall–Kier alpha value is -0.790. The lowest BCUT2D eigenvalue weighted by atomic mass is 9.88. The van der Waals surface area contributed by atoms with Crippen LogP contribution in [0.25, 0.3) is 0 Å². The Balaban J connectivity index is 1.68. The van der Waals surface area contributed by atoms with Gasteiger partial charge in [0, 0.05) is 11.8 Å². The molecule has 2 heteroatoms. The van der Waals surface area contributed by atoms with Gasteiger partial charge in [-0.25, -0.2) is 4.98 Å². The van der Waals surface area contributed by atoms with E-state index in [1.54, 1.807) is 0 Å². The molecule has 2 fully saturated rings. The summed E-state index contributed by atoms with van der Waals surface area (Å²) in [5.74, 6) is 3.48. The summed E-state index contributed by atoms with van der Waals surface area (Å²) < 4.78 is 6.05. The molecule has 2 saturated carbocycles. The highest BCUT2D eigenvalue weighted by Gasteiger charge is 2.23. The van der Waals surface area contributed by atoms with Gasteiger partial charge in [0.1, 0.15) is 5.76 Å². The maximum Gasteiger partial charge on any atom is 0.197 e. The zero-order chi connectivity index (χ0) is 11.5. The van der Waals surface area contributed by atoms with E-state index in [-0.39, 0.29) is 0 Å². The van der Waals surface area contributed by atoms with Gasteiger partial charge < -0.3 is 4.42 Å². The molecule has 0 N–H and O–H groups in total. The first-order chi connectivity index (χ1) is 8.43. The van der Waals surface area contributed by atoms with E-state index in [9.17, 15) is 0 Å². The summed E-state index contributed by atoms with van der Waals surface area (Å²) in [6, 6.07) is 0. The molecular weight excluding hydrogens is 210 g/mol. The Morgan fingerprint density at radius 2 is 1.41 bits per heavy atom. The molecule has 0 bridgehead atoms. The molecule has 0 radical (unpaired) electrons. The van der Waals surface area contributed by atoms with Crippen molar-refractivity contribution in [3.63, 3.8) is 0 Å². The SMILES string of the molecule is c1nc(C2CCCCC2)oc1C1CCCCC1. The monoisotopic (exact) mass is 233 g/mol. The van der Waals surface area contributed by atoms with Crippen molar-refractivity contribution in [3.05, 3.63) is 17.8 Å². The maximum absolute atomic E-state index is 6.05. The van der Waals surface area contributed by atoms with E-state index in [1.807, 2.05) is 6.20 Å². The van der Waals surface area contributed by atoms with E-state index in [2.05, 4.69) is 4.98 Å². The molecular formula is C15H23NO. The molecule has 0 spiro atoms. The standard InChI is InChI=1S/C15H23NO/c1-3-7-12(8-4-1)14-11-16-15(17-14)13-9-5-2-6-10-13/h11-13H,1-10H2. The molecule has 2 aliphatic carbocycles. The van der Waals surface area contributed by atoms with Gasteiger partial charge in [-0.3, -0.25) is 0 Å². The van der Waals surface area contributed by atoms with Crippen molar-refractivity contribution in [2.45, 2.75) is 76.0 Å². The summed E-state index contributed by atoms with van der Waals surface area (Å²) in [5, 5.41) is 0. The van der Waals surface area contributed by atoms with Crippen LogP contribution in [-0.4, -0.2) is 4.98 Å². The summed E-state index contributed by atoms with van der Waals surface area (Å²) >= 11 is 0. The third-order valence-electron chi connectivity index (χ3n) is 4.50. The number of rotatable bonds is 2. The Bertz CT molecular complexity index is 313. The first kappa shape index (κ1) is 11.3. The summed E-state index contributed by atoms with van der Waals surface area (Å²) in [5.41, 5.74) is 0. The van der Waals surface area contributed by atoms with Crippen LogP contribution in [0.3, 0.4) is 0 Å². The molecule has 0 aromatic carbocycles. The van der Waals surface area contributed by atoms with Crippen LogP contribution in [0, 0.1) is 0 Å². The van der Waals surface area contributed by atoms with Crippen LogP contribution in [0.2, 0.25) is 0 Å². The lowest BCUT2D eigenvalue weighted by molar-refractivity contribution is 0.322. The van der Waals surface area contributed by atoms with E-state index in [4.69, 9.17) is 4.42 Å². The zero-order valence-electron chi connectivity index (χ0n) is 10.7. The fourth-order valence-corrected chi connectivity index (χ4v) is 3.41. The van der Waals surface area contributed by atoms with Crippen molar-refractivity contribution in [1.29, 1.82) is 0 Å². The van der Waals surface area contributed by atoms with Crippen LogP contribution >= 0.6 is 0 Å². The molecule has 1 aromatic rings. The van der Waals surface area contributed by atoms with Crippen molar-refractivity contribution in [3.8, 4) is 0 Å². The second-order valence-corrected chi connectivity index (χ2v) is 5.77. The van der Waals surface area contributed by atoms with Crippen LogP contribution in [0.4, 0.5) is 0 Å². The van der Waals surface area contributed by atoms with Gasteiger partial charge in [-0.15, -0.1) is 0 Å². The normalized spacial score (nSPS) is 24.0. The molecule has 3 rings (SSSR count). The van der Waals surface area contributed by atoms with Crippen molar-refractivity contribution in [2.75, 3.05) is 0 Å². The van der Waals surface area contributed by atoms with Gasteiger partial charge in [-0.1, -0.05) is 38.5 Å². The molecule has 1 heterocycles. The second kappa shape index (κ2) is 5.24. The summed E-state index contributed by atoms with van der Waals surface area (Å²) in [7, 11) is 0. The van der Waals surface area contributed by atoms with E-state index >= 15 is 0 Å². The smallest absolute Gasteiger partial charge is 0.197 e. The van der Waals surface area contributed by atoms with Crippen LogP contribution in [0.5, 0.6) is 0 Å². The predicted octanol–water partition coefficient (Wildman–Crippen LogP) is 4.77. The highest BCUT2D eigenvalue weighted by molar-refractivity contribution is 5.05. The Kier molecular flexibility index (Phi) is 3.49. The topological polar surface area (TPSA) is 26.0 Å². The molecule has 2 nitrogen and oxygen atoms in total. The Morgan fingerprint density at radius 3 is 2.06 bits per heavy atom. The highest BCUT2D eigenvalue weighted by Crippen LogP contribution is 2.36. The number of aromatic nitrogens is 1. The average molecular weight is 233 g/mol. The first-order valence-corrected chi connectivity index (χ1v) is 7.39. The molecule has 0 unspecified atom stereocenters. The number of nitrogens with zero attached hydrogens (tertiary/aromatic N) is 1. The maximum atomic E-state index is 6.05. The first-order valence-electron chi connectivity index (χ1n) is 7.39. The number of oxazole rings is 1. The number of hydrogen-bond acceptors (Lipinski definition) is 2. The zero-order valence-corrected chi connectivity index (χ0v) is 10.7. The molecule has 94 valence electrons. The van der Waals surface area contributed by atoms with Gasteiger partial charge in [0.05, 0.1) is 6.20 Å². The minimum absolute atomic E-state index is 0.612. The minimum Gasteiger partial charge on any atom is -0.445 e. The van der Waals surface area contributed by atoms with E-state index in [0.29, 0.717) is 11.8 Å². The van der Waals surface area contributed by atoms with Crippen molar-refractivity contribution < 1.29 is 4.42 Å². The third-order valence-corrected chi connectivity index (χ3v) is 4.50. The van der Waals surface area contributed by atoms with Gasteiger partial charge in [-0.2, -0.15) is 0 Å². The van der Waals surface area contributed by atoms with Crippen LogP contribution < -0.4 is 0 Å². The van der Waals surface area contributed by atoms with Gasteiger partial charge >= 0.3 is 0 Å². The van der Waals surface area contributed by atoms with Crippen LogP contribution in [0.15, 0.2) is 10.6 Å². The van der Waals surface area contributed by atoms with E-state index < -0.39 is 0 Å². The minimum atomic E-state index is 0.612. The molecule has 0 saturated heterocycles. The van der Waals surface area contributed by atoms with Crippen molar-refractivity contribution in [2.24, 2.45) is 0 Å². The van der Waals surface area contributed by atoms with Gasteiger partial charge in [-0.05, 0) is 25.7 Å². The third kappa shape index (κ3) is 2.56. The predicted molar refractivity (Wildman–Crippen MR) is 68.2 cm³/mol. The van der Waals surface area contributed by atoms with Gasteiger partial charge in [0.15, 0.2) is 5.89 Å². The quantitative estimate of drug-likeness (QED) is 0.735.